The predicted octanol–water partition coefficient (Wildman–Crippen LogP) is 1.90. The molecule has 7 nitrogen and oxygen atoms in total. The number of ether oxygens (including phenoxy) is 1. The molecule has 0 radical (unpaired) electrons. The number of nitrogens with one attached hydrogen (secondary N) is 1. The number of anilines is 1. The lowest BCUT2D eigenvalue weighted by atomic mass is 10.2. The number of carbonyl (C=O) groups is 1. The van der Waals surface area contributed by atoms with E-state index >= 15 is 0 Å². The highest BCUT2D eigenvalue weighted by atomic mass is 32.2. The van der Waals surface area contributed by atoms with Crippen LogP contribution in [0.4, 0.5) is 5.82 Å². The Morgan fingerprint density at radius 1 is 1.48 bits per heavy atom. The molecule has 0 saturated heterocycles. The van der Waals surface area contributed by atoms with Gasteiger partial charge in [-0.15, -0.1) is 11.3 Å². The third-order valence-electron chi connectivity index (χ3n) is 3.44. The molecule has 0 aromatic carbocycles. The molecule has 1 atom stereocenters. The second-order valence-corrected chi connectivity index (χ2v) is 8.02. The smallest absolute Gasteiger partial charge is 0.348 e. The molecule has 2 aromatic rings. The van der Waals surface area contributed by atoms with E-state index in [0.29, 0.717) is 22.1 Å². The Balaban J connectivity index is 1.98. The molecule has 1 aliphatic heterocycles. The highest BCUT2D eigenvalue weighted by Gasteiger charge is 2.24. The summed E-state index contributed by atoms with van der Waals surface area (Å²) in [6.45, 7) is 3.86. The van der Waals surface area contributed by atoms with Gasteiger partial charge in [0.1, 0.15) is 21.9 Å². The van der Waals surface area contributed by atoms with Crippen molar-refractivity contribution >= 4 is 43.2 Å². The zero-order valence-corrected chi connectivity index (χ0v) is 14.2. The van der Waals surface area contributed by atoms with Gasteiger partial charge in [-0.2, -0.15) is 0 Å². The molecule has 0 amide bonds. The third kappa shape index (κ3) is 3.06. The van der Waals surface area contributed by atoms with Crippen molar-refractivity contribution < 1.29 is 17.9 Å². The lowest BCUT2D eigenvalue weighted by molar-refractivity contribution is 0.0531. The van der Waals surface area contributed by atoms with Crippen LogP contribution in [0.1, 0.15) is 22.2 Å². The van der Waals surface area contributed by atoms with Crippen LogP contribution in [0.3, 0.4) is 0 Å². The minimum atomic E-state index is -3.15. The maximum absolute atomic E-state index is 12.0. The molecule has 9 heteroatoms. The second kappa shape index (κ2) is 5.89. The third-order valence-corrected chi connectivity index (χ3v) is 6.02. The zero-order chi connectivity index (χ0) is 16.6. The molecular formula is C14H15N3O4S2. The molecule has 122 valence electrons. The van der Waals surface area contributed by atoms with Gasteiger partial charge in [0.15, 0.2) is 9.84 Å². The SMILES string of the molecule is CCOC(=O)c1sc2ncnc(N[C@H]3C=CS(=O)(=O)C3)c2c1C. The fourth-order valence-electron chi connectivity index (χ4n) is 2.41. The van der Waals surface area contributed by atoms with Crippen molar-refractivity contribution in [2.45, 2.75) is 19.9 Å². The number of carbonyl (C=O) groups excluding carboxylic acids is 1. The van der Waals surface area contributed by atoms with E-state index in [-0.39, 0.29) is 17.8 Å². The Bertz CT molecular complexity index is 902. The Morgan fingerprint density at radius 2 is 2.26 bits per heavy atom. The first kappa shape index (κ1) is 15.9. The molecule has 0 aliphatic carbocycles. The van der Waals surface area contributed by atoms with E-state index < -0.39 is 9.84 Å². The quantitative estimate of drug-likeness (QED) is 0.838. The first-order chi connectivity index (χ1) is 10.9. The molecule has 1 N–H and O–H groups in total. The van der Waals surface area contributed by atoms with Crippen LogP contribution >= 0.6 is 11.3 Å². The number of aryl methyl sites for hydroxylation is 1. The van der Waals surface area contributed by atoms with Gasteiger partial charge in [-0.25, -0.2) is 23.2 Å². The predicted molar refractivity (Wildman–Crippen MR) is 88.4 cm³/mol. The van der Waals surface area contributed by atoms with Crippen molar-refractivity contribution in [1.82, 2.24) is 9.97 Å². The van der Waals surface area contributed by atoms with Gasteiger partial charge in [-0.05, 0) is 25.5 Å². The summed E-state index contributed by atoms with van der Waals surface area (Å²) in [5.74, 6) is 0.125. The molecule has 0 unspecified atom stereocenters. The summed E-state index contributed by atoms with van der Waals surface area (Å²) >= 11 is 1.24. The monoisotopic (exact) mass is 353 g/mol. The van der Waals surface area contributed by atoms with E-state index in [0.717, 1.165) is 10.9 Å². The summed E-state index contributed by atoms with van der Waals surface area (Å²) in [4.78, 5) is 21.5. The summed E-state index contributed by atoms with van der Waals surface area (Å²) in [6, 6.07) is -0.344. The number of hydrogen-bond donors (Lipinski definition) is 1. The van der Waals surface area contributed by atoms with Crippen molar-refractivity contribution in [2.75, 3.05) is 17.7 Å². The van der Waals surface area contributed by atoms with Crippen LogP contribution in [-0.4, -0.2) is 42.8 Å². The first-order valence-corrected chi connectivity index (χ1v) is 9.53. The van der Waals surface area contributed by atoms with Crippen molar-refractivity contribution in [1.29, 1.82) is 0 Å². The number of sulfone groups is 1. The van der Waals surface area contributed by atoms with Gasteiger partial charge in [0.05, 0.1) is 23.8 Å². The minimum Gasteiger partial charge on any atom is -0.462 e. The van der Waals surface area contributed by atoms with Crippen LogP contribution in [0.2, 0.25) is 0 Å². The number of fused-ring (bicyclic) bond motifs is 1. The van der Waals surface area contributed by atoms with Crippen LogP contribution in [0.15, 0.2) is 17.8 Å². The van der Waals surface area contributed by atoms with E-state index in [1.54, 1.807) is 19.9 Å². The molecule has 0 bridgehead atoms. The summed E-state index contributed by atoms with van der Waals surface area (Å²) in [5.41, 5.74) is 0.733. The average molecular weight is 353 g/mol. The molecule has 0 saturated carbocycles. The van der Waals surface area contributed by atoms with Crippen molar-refractivity contribution in [3.05, 3.63) is 28.3 Å². The Kier molecular flexibility index (Phi) is 4.07. The number of esters is 1. The number of thiophene rings is 1. The number of aromatic nitrogens is 2. The number of rotatable bonds is 4. The fourth-order valence-corrected chi connectivity index (χ4v) is 4.69. The van der Waals surface area contributed by atoms with Crippen LogP contribution < -0.4 is 5.32 Å². The van der Waals surface area contributed by atoms with E-state index in [1.165, 1.54) is 23.1 Å². The maximum atomic E-state index is 12.0. The van der Waals surface area contributed by atoms with E-state index in [9.17, 15) is 13.2 Å². The Morgan fingerprint density at radius 3 is 2.91 bits per heavy atom. The molecule has 3 heterocycles. The van der Waals surface area contributed by atoms with Gasteiger partial charge < -0.3 is 10.1 Å². The number of hydrogen-bond acceptors (Lipinski definition) is 8. The average Bonchev–Trinajstić information content (AvgIpc) is 3.00. The van der Waals surface area contributed by atoms with Crippen LogP contribution in [0.25, 0.3) is 10.2 Å². The van der Waals surface area contributed by atoms with Gasteiger partial charge in [-0.1, -0.05) is 0 Å². The Labute approximate surface area is 137 Å². The second-order valence-electron chi connectivity index (χ2n) is 5.09. The van der Waals surface area contributed by atoms with Gasteiger partial charge >= 0.3 is 5.97 Å². The Hall–Kier alpha value is -2.00. The van der Waals surface area contributed by atoms with Crippen molar-refractivity contribution in [2.24, 2.45) is 0 Å². The van der Waals surface area contributed by atoms with Gasteiger partial charge in [0, 0.05) is 5.41 Å². The first-order valence-electron chi connectivity index (χ1n) is 7.00. The highest BCUT2D eigenvalue weighted by molar-refractivity contribution is 7.94. The molecule has 23 heavy (non-hydrogen) atoms. The minimum absolute atomic E-state index is 0.00753. The summed E-state index contributed by atoms with van der Waals surface area (Å²) in [5, 5.41) is 5.02. The van der Waals surface area contributed by atoms with Gasteiger partial charge in [-0.3, -0.25) is 0 Å². The summed E-state index contributed by atoms with van der Waals surface area (Å²) in [7, 11) is -3.15. The largest absolute Gasteiger partial charge is 0.462 e. The van der Waals surface area contributed by atoms with Gasteiger partial charge in [0.25, 0.3) is 0 Å². The summed E-state index contributed by atoms with van der Waals surface area (Å²) < 4.78 is 28.1. The van der Waals surface area contributed by atoms with Crippen LogP contribution in [0.5, 0.6) is 0 Å². The van der Waals surface area contributed by atoms with E-state index in [2.05, 4.69) is 15.3 Å². The molecule has 3 rings (SSSR count). The molecule has 0 spiro atoms. The van der Waals surface area contributed by atoms with Gasteiger partial charge in [0.2, 0.25) is 0 Å². The standard InChI is InChI=1S/C14H15N3O4S2/c1-3-21-14(18)11-8(2)10-12(15-7-16-13(10)22-11)17-9-4-5-23(19,20)6-9/h4-5,7,9H,3,6H2,1-2H3,(H,15,16,17)/t9-/m0/s1. The van der Waals surface area contributed by atoms with Crippen LogP contribution in [0, 0.1) is 6.92 Å². The lowest BCUT2D eigenvalue weighted by Crippen LogP contribution is -2.21. The molecular weight excluding hydrogens is 338 g/mol. The van der Waals surface area contributed by atoms with E-state index in [4.69, 9.17) is 4.74 Å². The number of nitrogens with zero attached hydrogens (tertiary/aromatic N) is 2. The normalized spacial score (nSPS) is 19.1. The molecule has 2 aromatic heterocycles. The van der Waals surface area contributed by atoms with Crippen molar-refractivity contribution in [3.8, 4) is 0 Å². The van der Waals surface area contributed by atoms with E-state index in [1.807, 2.05) is 0 Å². The maximum Gasteiger partial charge on any atom is 0.348 e. The highest BCUT2D eigenvalue weighted by Crippen LogP contribution is 2.34. The molecule has 1 aliphatic rings. The van der Waals surface area contributed by atoms with Crippen LogP contribution in [-0.2, 0) is 14.6 Å². The zero-order valence-electron chi connectivity index (χ0n) is 12.6. The molecule has 0 fully saturated rings. The fraction of sp³-hybridized carbons (Fsp3) is 0.357. The summed E-state index contributed by atoms with van der Waals surface area (Å²) in [6.07, 6.45) is 2.99. The van der Waals surface area contributed by atoms with Crippen molar-refractivity contribution in [3.63, 3.8) is 0 Å². The lowest BCUT2D eigenvalue weighted by Gasteiger charge is -2.11. The topological polar surface area (TPSA) is 98.2 Å².